The third-order valence-electron chi connectivity index (χ3n) is 4.41. The van der Waals surface area contributed by atoms with Gasteiger partial charge in [0.25, 0.3) is 0 Å². The summed E-state index contributed by atoms with van der Waals surface area (Å²) in [7, 11) is 0. The molecule has 2 aromatic carbocycles. The highest BCUT2D eigenvalue weighted by molar-refractivity contribution is 5.42. The zero-order valence-corrected chi connectivity index (χ0v) is 15.3. The van der Waals surface area contributed by atoms with Crippen LogP contribution in [0.1, 0.15) is 63.8 Å². The number of nitrogens with two attached hydrogens (primary N) is 2. The van der Waals surface area contributed by atoms with E-state index in [1.165, 1.54) is 11.1 Å². The van der Waals surface area contributed by atoms with Crippen molar-refractivity contribution in [3.05, 3.63) is 70.8 Å². The fraction of sp³-hybridized carbons (Fsp3) is 0.429. The zero-order chi connectivity index (χ0) is 17.5. The molecule has 0 saturated carbocycles. The van der Waals surface area contributed by atoms with Crippen LogP contribution in [0.2, 0.25) is 0 Å². The molecular formula is C21H30N2. The maximum absolute atomic E-state index is 6.56. The van der Waals surface area contributed by atoms with Crippen LogP contribution in [0, 0.1) is 0 Å². The number of hydrogen-bond donors (Lipinski definition) is 2. The van der Waals surface area contributed by atoms with Gasteiger partial charge in [-0.25, -0.2) is 0 Å². The van der Waals surface area contributed by atoms with Gasteiger partial charge in [-0.05, 0) is 33.1 Å². The SMILES string of the molecule is CC(C)(C)c1cccc(C(N)(N)c2cccc(C(C)(C)C)c2)c1. The Balaban J connectivity index is 2.51. The lowest BCUT2D eigenvalue weighted by Crippen LogP contribution is -2.47. The fourth-order valence-electron chi connectivity index (χ4n) is 2.65. The van der Waals surface area contributed by atoms with Gasteiger partial charge in [0, 0.05) is 0 Å². The third kappa shape index (κ3) is 3.82. The van der Waals surface area contributed by atoms with Gasteiger partial charge < -0.3 is 11.5 Å². The van der Waals surface area contributed by atoms with Crippen LogP contribution in [0.15, 0.2) is 48.5 Å². The van der Waals surface area contributed by atoms with Crippen LogP contribution in [-0.4, -0.2) is 0 Å². The summed E-state index contributed by atoms with van der Waals surface area (Å²) in [5, 5.41) is 0. The van der Waals surface area contributed by atoms with E-state index in [4.69, 9.17) is 11.5 Å². The van der Waals surface area contributed by atoms with Crippen molar-refractivity contribution in [2.75, 3.05) is 0 Å². The summed E-state index contributed by atoms with van der Waals surface area (Å²) in [4.78, 5) is 0. The minimum Gasteiger partial charge on any atom is -0.306 e. The van der Waals surface area contributed by atoms with Crippen molar-refractivity contribution in [3.63, 3.8) is 0 Å². The largest absolute Gasteiger partial charge is 0.306 e. The van der Waals surface area contributed by atoms with E-state index in [2.05, 4.69) is 65.8 Å². The van der Waals surface area contributed by atoms with Crippen molar-refractivity contribution >= 4 is 0 Å². The lowest BCUT2D eigenvalue weighted by Gasteiger charge is -2.30. The quantitative estimate of drug-likeness (QED) is 0.808. The highest BCUT2D eigenvalue weighted by Gasteiger charge is 2.27. The molecule has 0 spiro atoms. The Bertz CT molecular complexity index is 626. The summed E-state index contributed by atoms with van der Waals surface area (Å²) in [6.07, 6.45) is 0. The second kappa shape index (κ2) is 5.77. The Morgan fingerprint density at radius 2 is 0.870 bits per heavy atom. The van der Waals surface area contributed by atoms with Crippen molar-refractivity contribution in [2.24, 2.45) is 11.5 Å². The molecule has 2 heteroatoms. The number of hydrogen-bond acceptors (Lipinski definition) is 2. The molecule has 2 nitrogen and oxygen atoms in total. The highest BCUT2D eigenvalue weighted by atomic mass is 15.0. The average molecular weight is 310 g/mol. The maximum Gasteiger partial charge on any atom is 0.116 e. The molecule has 0 atom stereocenters. The molecule has 0 fully saturated rings. The first-order valence-electron chi connectivity index (χ1n) is 8.22. The molecule has 4 N–H and O–H groups in total. The molecule has 2 rings (SSSR count). The molecule has 124 valence electrons. The second-order valence-electron chi connectivity index (χ2n) is 8.53. The van der Waals surface area contributed by atoms with Gasteiger partial charge >= 0.3 is 0 Å². The normalized spacial score (nSPS) is 13.2. The van der Waals surface area contributed by atoms with E-state index in [0.717, 1.165) is 11.1 Å². The van der Waals surface area contributed by atoms with Crippen LogP contribution in [0.25, 0.3) is 0 Å². The third-order valence-corrected chi connectivity index (χ3v) is 4.41. The first-order valence-corrected chi connectivity index (χ1v) is 8.22. The van der Waals surface area contributed by atoms with E-state index in [0.29, 0.717) is 0 Å². The van der Waals surface area contributed by atoms with Gasteiger partial charge in [0.1, 0.15) is 5.66 Å². The molecule has 0 unspecified atom stereocenters. The molecule has 0 aliphatic carbocycles. The molecule has 0 aromatic heterocycles. The lowest BCUT2D eigenvalue weighted by molar-refractivity contribution is 0.547. The Labute approximate surface area is 140 Å². The summed E-state index contributed by atoms with van der Waals surface area (Å²) >= 11 is 0. The molecule has 0 aliphatic heterocycles. The predicted octanol–water partition coefficient (Wildman–Crippen LogP) is 4.40. The first kappa shape index (κ1) is 17.7. The van der Waals surface area contributed by atoms with E-state index in [1.807, 2.05) is 24.3 Å². The number of rotatable bonds is 2. The Morgan fingerprint density at radius 3 is 1.17 bits per heavy atom. The summed E-state index contributed by atoms with van der Waals surface area (Å²) in [6.45, 7) is 13.2. The molecule has 0 amide bonds. The van der Waals surface area contributed by atoms with Crippen molar-refractivity contribution in [2.45, 2.75) is 58.0 Å². The Kier molecular flexibility index (Phi) is 4.44. The second-order valence-corrected chi connectivity index (χ2v) is 8.53. The molecule has 0 aliphatic rings. The van der Waals surface area contributed by atoms with Crippen molar-refractivity contribution in [3.8, 4) is 0 Å². The molecule has 0 radical (unpaired) electrons. The highest BCUT2D eigenvalue weighted by Crippen LogP contribution is 2.30. The van der Waals surface area contributed by atoms with Gasteiger partial charge in [-0.3, -0.25) is 0 Å². The summed E-state index contributed by atoms with van der Waals surface area (Å²) in [5.74, 6) is 0. The average Bonchev–Trinajstić information content (AvgIpc) is 2.46. The van der Waals surface area contributed by atoms with Crippen LogP contribution in [0.3, 0.4) is 0 Å². The lowest BCUT2D eigenvalue weighted by atomic mass is 9.81. The van der Waals surface area contributed by atoms with E-state index < -0.39 is 5.66 Å². The van der Waals surface area contributed by atoms with Crippen molar-refractivity contribution < 1.29 is 0 Å². The van der Waals surface area contributed by atoms with Gasteiger partial charge in [-0.2, -0.15) is 0 Å². The van der Waals surface area contributed by atoms with E-state index in [9.17, 15) is 0 Å². The monoisotopic (exact) mass is 310 g/mol. The van der Waals surface area contributed by atoms with Gasteiger partial charge in [-0.15, -0.1) is 0 Å². The van der Waals surface area contributed by atoms with E-state index in [-0.39, 0.29) is 10.8 Å². The van der Waals surface area contributed by atoms with Gasteiger partial charge in [0.15, 0.2) is 0 Å². The summed E-state index contributed by atoms with van der Waals surface area (Å²) in [5.41, 5.74) is 16.6. The fourth-order valence-corrected chi connectivity index (χ4v) is 2.65. The van der Waals surface area contributed by atoms with Gasteiger partial charge in [0.05, 0.1) is 0 Å². The van der Waals surface area contributed by atoms with Crippen LogP contribution >= 0.6 is 0 Å². The first-order chi connectivity index (χ1) is 10.4. The molecule has 0 bridgehead atoms. The molecular weight excluding hydrogens is 280 g/mol. The minimum absolute atomic E-state index is 0.0688. The zero-order valence-electron chi connectivity index (χ0n) is 15.3. The standard InChI is InChI=1S/C21H30N2/c1-19(2,3)15-9-7-11-17(13-15)21(22,23)18-12-8-10-16(14-18)20(4,5)6/h7-14H,22-23H2,1-6H3. The van der Waals surface area contributed by atoms with Crippen LogP contribution < -0.4 is 11.5 Å². The summed E-state index contributed by atoms with van der Waals surface area (Å²) < 4.78 is 0. The minimum atomic E-state index is -0.998. The molecule has 0 saturated heterocycles. The summed E-state index contributed by atoms with van der Waals surface area (Å²) in [6, 6.07) is 16.6. The van der Waals surface area contributed by atoms with Crippen molar-refractivity contribution in [1.29, 1.82) is 0 Å². The smallest absolute Gasteiger partial charge is 0.116 e. The van der Waals surface area contributed by atoms with Crippen LogP contribution in [-0.2, 0) is 16.5 Å². The van der Waals surface area contributed by atoms with E-state index in [1.54, 1.807) is 0 Å². The Morgan fingerprint density at radius 1 is 0.565 bits per heavy atom. The van der Waals surface area contributed by atoms with Crippen molar-refractivity contribution in [1.82, 2.24) is 0 Å². The Hall–Kier alpha value is -1.64. The molecule has 0 heterocycles. The molecule has 23 heavy (non-hydrogen) atoms. The van der Waals surface area contributed by atoms with Gasteiger partial charge in [-0.1, -0.05) is 90.1 Å². The topological polar surface area (TPSA) is 52.0 Å². The van der Waals surface area contributed by atoms with Crippen LogP contribution in [0.4, 0.5) is 0 Å². The van der Waals surface area contributed by atoms with Gasteiger partial charge in [0.2, 0.25) is 0 Å². The van der Waals surface area contributed by atoms with E-state index >= 15 is 0 Å². The maximum atomic E-state index is 6.56. The predicted molar refractivity (Wildman–Crippen MR) is 99.4 cm³/mol. The van der Waals surface area contributed by atoms with Crippen LogP contribution in [0.5, 0.6) is 0 Å². The molecule has 2 aromatic rings. The number of benzene rings is 2.